The maximum Gasteiger partial charge on any atom is 0.243 e. The molecule has 0 atom stereocenters. The third-order valence-electron chi connectivity index (χ3n) is 3.17. The molecule has 1 aliphatic rings. The third-order valence-corrected chi connectivity index (χ3v) is 5.66. The van der Waals surface area contributed by atoms with Crippen molar-refractivity contribution in [1.29, 1.82) is 0 Å². The van der Waals surface area contributed by atoms with Gasteiger partial charge in [0.15, 0.2) is 0 Å². The topological polar surface area (TPSA) is 37.4 Å². The standard InChI is InChI=1S/C12H15BrFNO2S/c1-12(2)5-6-15(8-12)18(16,17)9-3-4-10(13)11(14)7-9/h3-4,7H,5-6,8H2,1-2H3. The Morgan fingerprint density at radius 3 is 2.56 bits per heavy atom. The molecule has 0 saturated carbocycles. The van der Waals surface area contributed by atoms with E-state index in [1.165, 1.54) is 16.4 Å². The van der Waals surface area contributed by atoms with Crippen LogP contribution < -0.4 is 0 Å². The van der Waals surface area contributed by atoms with Crippen LogP contribution in [0.5, 0.6) is 0 Å². The molecule has 0 aromatic heterocycles. The predicted molar refractivity (Wildman–Crippen MR) is 71.3 cm³/mol. The molecule has 1 aliphatic heterocycles. The molecule has 1 fully saturated rings. The van der Waals surface area contributed by atoms with E-state index in [1.807, 2.05) is 13.8 Å². The monoisotopic (exact) mass is 335 g/mol. The molecule has 18 heavy (non-hydrogen) atoms. The molecule has 0 unspecified atom stereocenters. The molecule has 1 aromatic carbocycles. The van der Waals surface area contributed by atoms with Crippen LogP contribution in [0.25, 0.3) is 0 Å². The molecule has 1 saturated heterocycles. The average Bonchev–Trinajstić information content (AvgIpc) is 2.63. The van der Waals surface area contributed by atoms with Gasteiger partial charge in [0.05, 0.1) is 9.37 Å². The molecule has 0 spiro atoms. The number of benzene rings is 1. The summed E-state index contributed by atoms with van der Waals surface area (Å²) in [6.45, 7) is 5.04. The minimum atomic E-state index is -3.58. The molecule has 2 rings (SSSR count). The Morgan fingerprint density at radius 2 is 2.06 bits per heavy atom. The number of nitrogens with zero attached hydrogens (tertiary/aromatic N) is 1. The Hall–Kier alpha value is -0.460. The lowest BCUT2D eigenvalue weighted by Crippen LogP contribution is -2.30. The highest BCUT2D eigenvalue weighted by molar-refractivity contribution is 9.10. The fourth-order valence-corrected chi connectivity index (χ4v) is 3.94. The molecule has 6 heteroatoms. The summed E-state index contributed by atoms with van der Waals surface area (Å²) in [4.78, 5) is 0.0147. The molecule has 0 amide bonds. The number of sulfonamides is 1. The Balaban J connectivity index is 2.34. The second kappa shape index (κ2) is 4.58. The maximum atomic E-state index is 13.4. The van der Waals surface area contributed by atoms with Crippen LogP contribution in [-0.4, -0.2) is 25.8 Å². The van der Waals surface area contributed by atoms with Crippen LogP contribution in [-0.2, 0) is 10.0 Å². The van der Waals surface area contributed by atoms with Crippen molar-refractivity contribution in [3.8, 4) is 0 Å². The molecule has 0 N–H and O–H groups in total. The normalized spacial score (nSPS) is 20.2. The minimum Gasteiger partial charge on any atom is -0.207 e. The van der Waals surface area contributed by atoms with E-state index in [1.54, 1.807) is 0 Å². The molecule has 100 valence electrons. The highest BCUT2D eigenvalue weighted by Crippen LogP contribution is 2.33. The molecule has 3 nitrogen and oxygen atoms in total. The summed E-state index contributed by atoms with van der Waals surface area (Å²) in [6, 6.07) is 3.90. The van der Waals surface area contributed by atoms with Gasteiger partial charge in [-0.2, -0.15) is 4.31 Å². The van der Waals surface area contributed by atoms with E-state index < -0.39 is 15.8 Å². The van der Waals surface area contributed by atoms with Gasteiger partial charge in [0.2, 0.25) is 10.0 Å². The zero-order valence-electron chi connectivity index (χ0n) is 10.3. The maximum absolute atomic E-state index is 13.4. The van der Waals surface area contributed by atoms with Crippen molar-refractivity contribution in [2.24, 2.45) is 5.41 Å². The molecule has 0 radical (unpaired) electrons. The van der Waals surface area contributed by atoms with Crippen LogP contribution >= 0.6 is 15.9 Å². The lowest BCUT2D eigenvalue weighted by Gasteiger charge is -2.19. The van der Waals surface area contributed by atoms with Crippen molar-refractivity contribution >= 4 is 26.0 Å². The summed E-state index contributed by atoms with van der Waals surface area (Å²) in [5, 5.41) is 0. The van der Waals surface area contributed by atoms with Gasteiger partial charge in [-0.25, -0.2) is 12.8 Å². The Kier molecular flexibility index (Phi) is 3.55. The zero-order chi connectivity index (χ0) is 13.6. The SMILES string of the molecule is CC1(C)CCN(S(=O)(=O)c2ccc(Br)c(F)c2)C1. The van der Waals surface area contributed by atoms with Gasteiger partial charge >= 0.3 is 0 Å². The van der Waals surface area contributed by atoms with Crippen molar-refractivity contribution in [2.75, 3.05) is 13.1 Å². The van der Waals surface area contributed by atoms with Crippen LogP contribution in [0.4, 0.5) is 4.39 Å². The molecule has 1 aromatic rings. The van der Waals surface area contributed by atoms with Crippen molar-refractivity contribution in [1.82, 2.24) is 4.31 Å². The minimum absolute atomic E-state index is 0.0129. The van der Waals surface area contributed by atoms with Crippen molar-refractivity contribution in [3.05, 3.63) is 28.5 Å². The number of halogens is 2. The van der Waals surface area contributed by atoms with Crippen LogP contribution in [0, 0.1) is 11.2 Å². The summed E-state index contributed by atoms with van der Waals surface area (Å²) in [6.07, 6.45) is 0.825. The van der Waals surface area contributed by atoms with Gasteiger partial charge in [-0.05, 0) is 46.0 Å². The smallest absolute Gasteiger partial charge is 0.207 e. The van der Waals surface area contributed by atoms with Gasteiger partial charge in [-0.15, -0.1) is 0 Å². The highest BCUT2D eigenvalue weighted by Gasteiger charge is 2.36. The van der Waals surface area contributed by atoms with E-state index in [0.29, 0.717) is 13.1 Å². The van der Waals surface area contributed by atoms with Gasteiger partial charge in [-0.1, -0.05) is 13.8 Å². The van der Waals surface area contributed by atoms with E-state index >= 15 is 0 Å². The van der Waals surface area contributed by atoms with E-state index in [2.05, 4.69) is 15.9 Å². The second-order valence-corrected chi connectivity index (χ2v) is 8.12. The first-order valence-corrected chi connectivity index (χ1v) is 7.91. The first-order chi connectivity index (χ1) is 8.22. The van der Waals surface area contributed by atoms with Crippen LogP contribution in [0.15, 0.2) is 27.6 Å². The van der Waals surface area contributed by atoms with Gasteiger partial charge in [0, 0.05) is 13.1 Å². The fourth-order valence-electron chi connectivity index (χ4n) is 2.05. The Bertz CT molecular complexity index is 571. The summed E-state index contributed by atoms with van der Waals surface area (Å²) < 4.78 is 39.8. The molecule has 0 aliphatic carbocycles. The van der Waals surface area contributed by atoms with Crippen LogP contribution in [0.1, 0.15) is 20.3 Å². The van der Waals surface area contributed by atoms with Gasteiger partial charge < -0.3 is 0 Å². The summed E-state index contributed by atoms with van der Waals surface area (Å²) >= 11 is 3.01. The van der Waals surface area contributed by atoms with E-state index in [-0.39, 0.29) is 14.8 Å². The van der Waals surface area contributed by atoms with Gasteiger partial charge in [-0.3, -0.25) is 0 Å². The van der Waals surface area contributed by atoms with E-state index in [4.69, 9.17) is 0 Å². The fraction of sp³-hybridized carbons (Fsp3) is 0.500. The molecular formula is C12H15BrFNO2S. The first kappa shape index (κ1) is 14.0. The van der Waals surface area contributed by atoms with Crippen molar-refractivity contribution in [2.45, 2.75) is 25.2 Å². The first-order valence-electron chi connectivity index (χ1n) is 5.68. The largest absolute Gasteiger partial charge is 0.243 e. The lowest BCUT2D eigenvalue weighted by molar-refractivity contribution is 0.375. The second-order valence-electron chi connectivity index (χ2n) is 5.33. The number of rotatable bonds is 2. The van der Waals surface area contributed by atoms with Crippen molar-refractivity contribution in [3.63, 3.8) is 0 Å². The van der Waals surface area contributed by atoms with Gasteiger partial charge in [0.25, 0.3) is 0 Å². The number of hydrogen-bond donors (Lipinski definition) is 0. The Morgan fingerprint density at radius 1 is 1.39 bits per heavy atom. The molecule has 0 bridgehead atoms. The van der Waals surface area contributed by atoms with Crippen molar-refractivity contribution < 1.29 is 12.8 Å². The quantitative estimate of drug-likeness (QED) is 0.833. The number of hydrogen-bond acceptors (Lipinski definition) is 2. The third kappa shape index (κ3) is 2.60. The summed E-state index contributed by atoms with van der Waals surface area (Å²) in [7, 11) is -3.58. The molecular weight excluding hydrogens is 321 g/mol. The van der Waals surface area contributed by atoms with E-state index in [9.17, 15) is 12.8 Å². The Labute approximate surface area is 115 Å². The van der Waals surface area contributed by atoms with Gasteiger partial charge in [0.1, 0.15) is 5.82 Å². The lowest BCUT2D eigenvalue weighted by atomic mass is 9.93. The van der Waals surface area contributed by atoms with Crippen LogP contribution in [0.2, 0.25) is 0 Å². The van der Waals surface area contributed by atoms with Crippen LogP contribution in [0.3, 0.4) is 0 Å². The summed E-state index contributed by atoms with van der Waals surface area (Å²) in [5.74, 6) is -0.561. The predicted octanol–water partition coefficient (Wildman–Crippen LogP) is 3.01. The average molecular weight is 336 g/mol. The summed E-state index contributed by atoms with van der Waals surface area (Å²) in [5.41, 5.74) is -0.0129. The zero-order valence-corrected chi connectivity index (χ0v) is 12.7. The highest BCUT2D eigenvalue weighted by atomic mass is 79.9. The molecule has 1 heterocycles. The van der Waals surface area contributed by atoms with E-state index in [0.717, 1.165) is 12.5 Å².